The van der Waals surface area contributed by atoms with Crippen LogP contribution in [-0.4, -0.2) is 100 Å². The molecular weight excluding hydrogens is 648 g/mol. The highest BCUT2D eigenvalue weighted by Crippen LogP contribution is 2.41. The number of hydrogen-bond acceptors (Lipinski definition) is 11. The molecule has 3 aromatic carbocycles. The van der Waals surface area contributed by atoms with Gasteiger partial charge in [-0.3, -0.25) is 5.32 Å². The lowest BCUT2D eigenvalue weighted by molar-refractivity contribution is 0.145. The normalized spacial score (nSPS) is 13.4. The molecule has 1 fully saturated rings. The number of rotatable bonds is 15. The minimum atomic E-state index is -0.615. The zero-order valence-electron chi connectivity index (χ0n) is 30.8. The highest BCUT2D eigenvalue weighted by atomic mass is 16.5. The van der Waals surface area contributed by atoms with Crippen LogP contribution in [0.25, 0.3) is 11.1 Å². The van der Waals surface area contributed by atoms with Gasteiger partial charge in [0.05, 0.1) is 34.5 Å². The number of piperazine rings is 1. The average Bonchev–Trinajstić information content (AvgIpc) is 3.13. The van der Waals surface area contributed by atoms with Crippen LogP contribution < -0.4 is 29.6 Å². The Balaban J connectivity index is 1.19. The molecule has 0 spiro atoms. The van der Waals surface area contributed by atoms with E-state index >= 15 is 0 Å². The number of carbonyl (C=O) groups is 1. The molecule has 0 atom stereocenters. The number of likely N-dealkylation sites (N-methyl/N-ethyl adjacent to an activating group) is 1. The largest absolute Gasteiger partial charge is 0.497 e. The van der Waals surface area contributed by atoms with Crippen molar-refractivity contribution in [1.82, 2.24) is 19.8 Å². The average molecular weight is 699 g/mol. The molecule has 1 amide bonds. The summed E-state index contributed by atoms with van der Waals surface area (Å²) in [6.07, 6.45) is 2.34. The number of ether oxygens (including phenoxy) is 5. The number of amides is 1. The number of nitrogens with one attached hydrogen (secondary N) is 2. The predicted molar refractivity (Wildman–Crippen MR) is 200 cm³/mol. The van der Waals surface area contributed by atoms with E-state index in [4.69, 9.17) is 23.7 Å². The van der Waals surface area contributed by atoms with Crippen molar-refractivity contribution in [2.24, 2.45) is 0 Å². The summed E-state index contributed by atoms with van der Waals surface area (Å²) in [5.74, 6) is 2.88. The smallest absolute Gasteiger partial charge is 0.412 e. The van der Waals surface area contributed by atoms with Gasteiger partial charge in [0.2, 0.25) is 11.7 Å². The van der Waals surface area contributed by atoms with Crippen LogP contribution in [0.4, 0.5) is 22.2 Å². The molecule has 12 heteroatoms. The van der Waals surface area contributed by atoms with E-state index < -0.39 is 6.09 Å². The molecule has 2 N–H and O–H groups in total. The van der Waals surface area contributed by atoms with E-state index in [1.165, 1.54) is 16.7 Å². The van der Waals surface area contributed by atoms with E-state index in [-0.39, 0.29) is 18.4 Å². The van der Waals surface area contributed by atoms with Gasteiger partial charge in [0.1, 0.15) is 11.6 Å². The van der Waals surface area contributed by atoms with Gasteiger partial charge in [-0.05, 0) is 85.8 Å². The fourth-order valence-electron chi connectivity index (χ4n) is 6.06. The van der Waals surface area contributed by atoms with Crippen LogP contribution in [0.2, 0.25) is 0 Å². The summed E-state index contributed by atoms with van der Waals surface area (Å²) >= 11 is 0. The minimum Gasteiger partial charge on any atom is -0.497 e. The van der Waals surface area contributed by atoms with Gasteiger partial charge in [-0.1, -0.05) is 18.2 Å². The lowest BCUT2D eigenvalue weighted by atomic mass is 9.90. The molecule has 0 saturated carbocycles. The maximum Gasteiger partial charge on any atom is 0.412 e. The molecule has 2 heterocycles. The number of hydrogen-bond donors (Lipinski definition) is 2. The second-order valence-electron chi connectivity index (χ2n) is 12.7. The number of aryl methyl sites for hydroxylation is 1. The van der Waals surface area contributed by atoms with Crippen molar-refractivity contribution in [2.45, 2.75) is 33.6 Å². The quantitative estimate of drug-likeness (QED) is 0.130. The third-order valence-electron chi connectivity index (χ3n) is 9.33. The summed E-state index contributed by atoms with van der Waals surface area (Å²) in [7, 11) is 6.97. The molecule has 1 aromatic heterocycles. The fourth-order valence-corrected chi connectivity index (χ4v) is 6.06. The predicted octanol–water partition coefficient (Wildman–Crippen LogP) is 6.65. The Bertz CT molecular complexity index is 1790. The van der Waals surface area contributed by atoms with Crippen LogP contribution in [0.15, 0.2) is 54.7 Å². The monoisotopic (exact) mass is 698 g/mol. The number of nitrogens with zero attached hydrogens (tertiary/aromatic N) is 4. The van der Waals surface area contributed by atoms with Crippen molar-refractivity contribution >= 4 is 23.5 Å². The molecule has 1 aliphatic rings. The molecule has 12 nitrogen and oxygen atoms in total. The van der Waals surface area contributed by atoms with Crippen LogP contribution in [0.3, 0.4) is 0 Å². The van der Waals surface area contributed by atoms with Gasteiger partial charge >= 0.3 is 6.09 Å². The topological polar surface area (TPSA) is 120 Å². The first-order valence-electron chi connectivity index (χ1n) is 17.3. The minimum absolute atomic E-state index is 0.176. The third kappa shape index (κ3) is 9.80. The van der Waals surface area contributed by atoms with Gasteiger partial charge in [-0.25, -0.2) is 9.78 Å². The molecule has 0 aliphatic carbocycles. The zero-order chi connectivity index (χ0) is 36.3. The molecule has 0 radical (unpaired) electrons. The third-order valence-corrected chi connectivity index (χ3v) is 9.33. The lowest BCUT2D eigenvalue weighted by Gasteiger charge is -2.32. The number of benzene rings is 3. The summed E-state index contributed by atoms with van der Waals surface area (Å²) in [6.45, 7) is 12.3. The van der Waals surface area contributed by atoms with Crippen molar-refractivity contribution in [3.8, 4) is 34.1 Å². The van der Waals surface area contributed by atoms with Gasteiger partial charge in [-0.15, -0.1) is 0 Å². The molecular formula is C39H50N6O6. The molecule has 272 valence electrons. The Morgan fingerprint density at radius 1 is 0.843 bits per heavy atom. The van der Waals surface area contributed by atoms with Crippen LogP contribution in [0.5, 0.6) is 23.0 Å². The molecule has 51 heavy (non-hydrogen) atoms. The Hall–Kier alpha value is -5.07. The van der Waals surface area contributed by atoms with Crippen LogP contribution in [0.1, 0.15) is 28.7 Å². The first-order chi connectivity index (χ1) is 24.7. The number of methoxy groups -OCH3 is 3. The maximum atomic E-state index is 12.8. The van der Waals surface area contributed by atoms with Gasteiger partial charge in [0, 0.05) is 63.2 Å². The Morgan fingerprint density at radius 2 is 1.63 bits per heavy atom. The van der Waals surface area contributed by atoms with Crippen molar-refractivity contribution in [1.29, 1.82) is 0 Å². The zero-order valence-corrected chi connectivity index (χ0v) is 30.8. The molecule has 4 aromatic rings. The maximum absolute atomic E-state index is 12.8. The van der Waals surface area contributed by atoms with E-state index in [0.29, 0.717) is 36.0 Å². The molecule has 0 bridgehead atoms. The van der Waals surface area contributed by atoms with Crippen molar-refractivity contribution in [3.63, 3.8) is 0 Å². The number of anilines is 3. The van der Waals surface area contributed by atoms with Gasteiger partial charge in [-0.2, -0.15) is 4.98 Å². The van der Waals surface area contributed by atoms with Crippen molar-refractivity contribution in [3.05, 3.63) is 77.0 Å². The van der Waals surface area contributed by atoms with Gasteiger partial charge < -0.3 is 38.8 Å². The second-order valence-corrected chi connectivity index (χ2v) is 12.7. The number of carbonyl (C=O) groups excluding carboxylic acids is 1. The first kappa shape index (κ1) is 37.2. The standard InChI is InChI=1S/C39H50N6O6/c1-26-9-12-32(28(3)27(26)2)33-25-31(47-5)11-10-29(33)14-22-51-39(46)43-36-13-15-40-38(42-36)41-30-23-34(48-6)37(49-7)35(24-30)50-21-8-16-45-19-17-44(4)18-20-45/h9-13,15,23-25H,8,14,16-22H2,1-7H3,(H2,40,41,42,43,46). The molecule has 5 rings (SSSR count). The fraction of sp³-hybridized carbons (Fsp3) is 0.410. The van der Waals surface area contributed by atoms with E-state index in [1.54, 1.807) is 39.7 Å². The van der Waals surface area contributed by atoms with E-state index in [2.05, 4.69) is 70.4 Å². The Labute approximate surface area is 301 Å². The van der Waals surface area contributed by atoms with E-state index in [1.807, 2.05) is 24.3 Å². The van der Waals surface area contributed by atoms with Crippen LogP contribution >= 0.6 is 0 Å². The number of aromatic nitrogens is 2. The molecule has 1 saturated heterocycles. The van der Waals surface area contributed by atoms with E-state index in [0.717, 1.165) is 61.6 Å². The Morgan fingerprint density at radius 3 is 2.37 bits per heavy atom. The van der Waals surface area contributed by atoms with E-state index in [9.17, 15) is 4.79 Å². The van der Waals surface area contributed by atoms with Crippen molar-refractivity contribution < 1.29 is 28.5 Å². The molecule has 1 aliphatic heterocycles. The van der Waals surface area contributed by atoms with Gasteiger partial charge in [0.15, 0.2) is 11.5 Å². The summed E-state index contributed by atoms with van der Waals surface area (Å²) in [4.78, 5) is 26.4. The first-order valence-corrected chi connectivity index (χ1v) is 17.3. The molecule has 0 unspecified atom stereocenters. The van der Waals surface area contributed by atoms with Crippen molar-refractivity contribution in [2.75, 3.05) is 84.9 Å². The summed E-state index contributed by atoms with van der Waals surface area (Å²) < 4.78 is 28.5. The summed E-state index contributed by atoms with van der Waals surface area (Å²) in [5.41, 5.74) is 7.58. The second kappa shape index (κ2) is 17.7. The highest BCUT2D eigenvalue weighted by molar-refractivity contribution is 5.83. The van der Waals surface area contributed by atoms with Crippen LogP contribution in [0, 0.1) is 20.8 Å². The SMILES string of the molecule is COc1ccc(CCOC(=O)Nc2ccnc(Nc3cc(OC)c(OC)c(OCCCN4CCN(C)CC4)c3)n2)c(-c2ccc(C)c(C)c2C)c1. The summed E-state index contributed by atoms with van der Waals surface area (Å²) in [6, 6.07) is 15.4. The summed E-state index contributed by atoms with van der Waals surface area (Å²) in [5, 5.41) is 5.89. The Kier molecular flexibility index (Phi) is 12.9. The van der Waals surface area contributed by atoms with Gasteiger partial charge in [0.25, 0.3) is 0 Å². The highest BCUT2D eigenvalue weighted by Gasteiger charge is 2.17. The lowest BCUT2D eigenvalue weighted by Crippen LogP contribution is -2.44. The van der Waals surface area contributed by atoms with Crippen LogP contribution in [-0.2, 0) is 11.2 Å².